The Bertz CT molecular complexity index is 1470. The van der Waals surface area contributed by atoms with Crippen molar-refractivity contribution >= 4 is 27.5 Å². The molecule has 11 heteroatoms. The zero-order chi connectivity index (χ0) is 31.0. The second-order valence-corrected chi connectivity index (χ2v) is 11.9. The van der Waals surface area contributed by atoms with Crippen LogP contribution >= 0.6 is 0 Å². The topological polar surface area (TPSA) is 114 Å². The van der Waals surface area contributed by atoms with Crippen molar-refractivity contribution in [1.82, 2.24) is 10.2 Å². The normalized spacial score (nSPS) is 11.9. The standard InChI is InChI=1S/C31H39N3O7S/c1-21(2)32-31(36)23(4)33(19-24-10-13-26(39-5)14-11-24)30(35)20-34(25-12-17-28(40-6)29(18-25)41-7)42(37,38)27-15-8-22(3)9-16-27/h8-18,21,23H,19-20H2,1-7H3,(H,32,36)/t23-/m1/s1. The number of aryl methyl sites for hydroxylation is 1. The van der Waals surface area contributed by atoms with Crippen molar-refractivity contribution in [2.24, 2.45) is 0 Å². The number of anilines is 1. The number of nitrogens with one attached hydrogen (secondary N) is 1. The van der Waals surface area contributed by atoms with Crippen LogP contribution in [0.1, 0.15) is 31.9 Å². The molecule has 3 rings (SSSR count). The summed E-state index contributed by atoms with van der Waals surface area (Å²) in [5.41, 5.74) is 1.83. The average Bonchev–Trinajstić information content (AvgIpc) is 2.97. The van der Waals surface area contributed by atoms with Crippen LogP contribution in [0.15, 0.2) is 71.6 Å². The van der Waals surface area contributed by atoms with Crippen LogP contribution in [-0.4, -0.2) is 65.1 Å². The van der Waals surface area contributed by atoms with Crippen LogP contribution in [0.5, 0.6) is 17.2 Å². The van der Waals surface area contributed by atoms with Crippen LogP contribution in [0, 0.1) is 6.92 Å². The number of methoxy groups -OCH3 is 3. The highest BCUT2D eigenvalue weighted by Crippen LogP contribution is 2.34. The number of carbonyl (C=O) groups excluding carboxylic acids is 2. The minimum atomic E-state index is -4.22. The third-order valence-electron chi connectivity index (χ3n) is 6.65. The fraction of sp³-hybridized carbons (Fsp3) is 0.355. The molecule has 0 unspecified atom stereocenters. The summed E-state index contributed by atoms with van der Waals surface area (Å²) >= 11 is 0. The molecule has 0 aliphatic heterocycles. The highest BCUT2D eigenvalue weighted by atomic mass is 32.2. The second-order valence-electron chi connectivity index (χ2n) is 10.1. The van der Waals surface area contributed by atoms with Gasteiger partial charge in [-0.3, -0.25) is 13.9 Å². The fourth-order valence-electron chi connectivity index (χ4n) is 4.26. The molecular weight excluding hydrogens is 558 g/mol. The lowest BCUT2D eigenvalue weighted by molar-refractivity contribution is -0.139. The molecule has 0 fully saturated rings. The van der Waals surface area contributed by atoms with E-state index in [-0.39, 0.29) is 29.1 Å². The van der Waals surface area contributed by atoms with Gasteiger partial charge in [0.1, 0.15) is 18.3 Å². The molecule has 3 aromatic carbocycles. The molecule has 0 bridgehead atoms. The summed E-state index contributed by atoms with van der Waals surface area (Å²) in [6, 6.07) is 17.1. The summed E-state index contributed by atoms with van der Waals surface area (Å²) in [6.45, 7) is 6.63. The van der Waals surface area contributed by atoms with E-state index in [1.54, 1.807) is 62.6 Å². The number of ether oxygens (including phenoxy) is 3. The Morgan fingerprint density at radius 3 is 2.00 bits per heavy atom. The van der Waals surface area contributed by atoms with Crippen LogP contribution in [0.25, 0.3) is 0 Å². The van der Waals surface area contributed by atoms with Gasteiger partial charge in [-0.2, -0.15) is 0 Å². The SMILES string of the molecule is COc1ccc(CN(C(=O)CN(c2ccc(OC)c(OC)c2)S(=O)(=O)c2ccc(C)cc2)[C@H](C)C(=O)NC(C)C)cc1. The zero-order valence-corrected chi connectivity index (χ0v) is 25.9. The van der Waals surface area contributed by atoms with Gasteiger partial charge in [-0.1, -0.05) is 29.8 Å². The highest BCUT2D eigenvalue weighted by molar-refractivity contribution is 7.92. The van der Waals surface area contributed by atoms with Crippen molar-refractivity contribution < 1.29 is 32.2 Å². The first kappa shape index (κ1) is 32.3. The molecule has 1 N–H and O–H groups in total. The minimum absolute atomic E-state index is 0.0167. The number of carbonyl (C=O) groups is 2. The Balaban J connectivity index is 2.08. The first-order chi connectivity index (χ1) is 19.9. The average molecular weight is 598 g/mol. The van der Waals surface area contributed by atoms with E-state index in [0.717, 1.165) is 15.4 Å². The molecule has 0 saturated heterocycles. The van der Waals surface area contributed by atoms with Crippen LogP contribution in [0.4, 0.5) is 5.69 Å². The Morgan fingerprint density at radius 2 is 1.45 bits per heavy atom. The molecule has 0 aromatic heterocycles. The third kappa shape index (κ3) is 7.73. The summed E-state index contributed by atoms with van der Waals surface area (Å²) in [7, 11) is 0.254. The second kappa shape index (κ2) is 14.1. The molecule has 1 atom stereocenters. The first-order valence-corrected chi connectivity index (χ1v) is 14.9. The number of nitrogens with zero attached hydrogens (tertiary/aromatic N) is 2. The minimum Gasteiger partial charge on any atom is -0.497 e. The number of rotatable bonds is 13. The highest BCUT2D eigenvalue weighted by Gasteiger charge is 2.33. The van der Waals surface area contributed by atoms with Crippen molar-refractivity contribution in [2.45, 2.75) is 51.2 Å². The number of sulfonamides is 1. The van der Waals surface area contributed by atoms with Gasteiger partial charge in [0.15, 0.2) is 11.5 Å². The van der Waals surface area contributed by atoms with Crippen LogP contribution in [-0.2, 0) is 26.2 Å². The molecular formula is C31H39N3O7S. The lowest BCUT2D eigenvalue weighted by atomic mass is 10.1. The number of hydrogen-bond acceptors (Lipinski definition) is 7. The van der Waals surface area contributed by atoms with Gasteiger partial charge < -0.3 is 24.4 Å². The molecule has 2 amide bonds. The monoisotopic (exact) mass is 597 g/mol. The Hall–Kier alpha value is -4.25. The van der Waals surface area contributed by atoms with E-state index < -0.39 is 28.5 Å². The van der Waals surface area contributed by atoms with Gasteiger partial charge in [0, 0.05) is 18.7 Å². The predicted octanol–water partition coefficient (Wildman–Crippen LogP) is 4.16. The van der Waals surface area contributed by atoms with E-state index in [9.17, 15) is 18.0 Å². The van der Waals surface area contributed by atoms with Gasteiger partial charge in [0.05, 0.1) is 31.9 Å². The maximum absolute atomic E-state index is 14.1. The molecule has 0 aliphatic rings. The summed E-state index contributed by atoms with van der Waals surface area (Å²) < 4.78 is 45.0. The van der Waals surface area contributed by atoms with Crippen LogP contribution < -0.4 is 23.8 Å². The molecule has 0 spiro atoms. The maximum Gasteiger partial charge on any atom is 0.264 e. The van der Waals surface area contributed by atoms with Crippen LogP contribution in [0.2, 0.25) is 0 Å². The maximum atomic E-state index is 14.1. The van der Waals surface area contributed by atoms with Gasteiger partial charge in [-0.15, -0.1) is 0 Å². The Kier molecular flexibility index (Phi) is 10.8. The lowest BCUT2D eigenvalue weighted by Gasteiger charge is -2.32. The van der Waals surface area contributed by atoms with Gasteiger partial charge in [0.2, 0.25) is 11.8 Å². The molecule has 42 heavy (non-hydrogen) atoms. The molecule has 226 valence electrons. The predicted molar refractivity (Wildman–Crippen MR) is 162 cm³/mol. The largest absolute Gasteiger partial charge is 0.497 e. The summed E-state index contributed by atoms with van der Waals surface area (Å²) in [5.74, 6) is 0.423. The van der Waals surface area contributed by atoms with E-state index in [2.05, 4.69) is 5.32 Å². The van der Waals surface area contributed by atoms with Crippen molar-refractivity contribution in [2.75, 3.05) is 32.2 Å². The van der Waals surface area contributed by atoms with E-state index in [0.29, 0.717) is 17.2 Å². The van der Waals surface area contributed by atoms with Crippen LogP contribution in [0.3, 0.4) is 0 Å². The van der Waals surface area contributed by atoms with E-state index in [1.165, 1.54) is 37.3 Å². The molecule has 0 radical (unpaired) electrons. The van der Waals surface area contributed by atoms with E-state index >= 15 is 0 Å². The van der Waals surface area contributed by atoms with E-state index in [4.69, 9.17) is 14.2 Å². The van der Waals surface area contributed by atoms with Gasteiger partial charge in [-0.25, -0.2) is 8.42 Å². The molecule has 0 heterocycles. The summed E-state index contributed by atoms with van der Waals surface area (Å²) in [6.07, 6.45) is 0. The van der Waals surface area contributed by atoms with Crippen molar-refractivity contribution in [3.63, 3.8) is 0 Å². The van der Waals surface area contributed by atoms with Crippen molar-refractivity contribution in [3.05, 3.63) is 77.9 Å². The Morgan fingerprint density at radius 1 is 0.833 bits per heavy atom. The molecule has 10 nitrogen and oxygen atoms in total. The molecule has 3 aromatic rings. The quantitative estimate of drug-likeness (QED) is 0.315. The summed E-state index contributed by atoms with van der Waals surface area (Å²) in [5, 5.41) is 2.84. The van der Waals surface area contributed by atoms with Crippen molar-refractivity contribution in [3.8, 4) is 17.2 Å². The van der Waals surface area contributed by atoms with Crippen molar-refractivity contribution in [1.29, 1.82) is 0 Å². The number of benzene rings is 3. The first-order valence-electron chi connectivity index (χ1n) is 13.5. The zero-order valence-electron chi connectivity index (χ0n) is 25.1. The molecule has 0 saturated carbocycles. The summed E-state index contributed by atoms with van der Waals surface area (Å²) in [4.78, 5) is 28.5. The van der Waals surface area contributed by atoms with E-state index in [1.807, 2.05) is 20.8 Å². The van der Waals surface area contributed by atoms with Gasteiger partial charge >= 0.3 is 0 Å². The number of amides is 2. The lowest BCUT2D eigenvalue weighted by Crippen LogP contribution is -2.52. The Labute approximate surface area is 248 Å². The molecule has 0 aliphatic carbocycles. The number of hydrogen-bond donors (Lipinski definition) is 1. The van der Waals surface area contributed by atoms with Gasteiger partial charge in [-0.05, 0) is 69.7 Å². The fourth-order valence-corrected chi connectivity index (χ4v) is 5.67. The smallest absolute Gasteiger partial charge is 0.264 e. The van der Waals surface area contributed by atoms with Gasteiger partial charge in [0.25, 0.3) is 10.0 Å². The third-order valence-corrected chi connectivity index (χ3v) is 8.44.